The number of hydrogen-bond donors (Lipinski definition) is 2. The molecular weight excluding hydrogens is 344 g/mol. The van der Waals surface area contributed by atoms with Crippen LogP contribution in [0.2, 0.25) is 0 Å². The number of thiocarbonyl (C=S) groups is 1. The topological polar surface area (TPSA) is 53.3 Å². The zero-order valence-electron chi connectivity index (χ0n) is 14.6. The molecule has 1 fully saturated rings. The molecular formula is C20H20N4OS. The van der Waals surface area contributed by atoms with Gasteiger partial charge in [0, 0.05) is 30.3 Å². The Morgan fingerprint density at radius 1 is 1.08 bits per heavy atom. The van der Waals surface area contributed by atoms with E-state index in [-0.39, 0.29) is 17.8 Å². The summed E-state index contributed by atoms with van der Waals surface area (Å²) in [6.07, 6.45) is 1.80. The van der Waals surface area contributed by atoms with Gasteiger partial charge in [-0.1, -0.05) is 6.07 Å². The summed E-state index contributed by atoms with van der Waals surface area (Å²) in [5.41, 5.74) is 4.21. The Hall–Kier alpha value is -2.86. The van der Waals surface area contributed by atoms with Crippen molar-refractivity contribution < 1.29 is 5.11 Å². The number of hydrogen-bond acceptors (Lipinski definition) is 3. The lowest BCUT2D eigenvalue weighted by Gasteiger charge is -2.28. The zero-order valence-corrected chi connectivity index (χ0v) is 15.4. The molecule has 0 saturated carbocycles. The lowest BCUT2D eigenvalue weighted by atomic mass is 10.0. The highest BCUT2D eigenvalue weighted by Gasteiger charge is 2.41. The summed E-state index contributed by atoms with van der Waals surface area (Å²) in [6, 6.07) is 17.2. The average molecular weight is 364 g/mol. The van der Waals surface area contributed by atoms with E-state index in [1.807, 2.05) is 30.3 Å². The number of aromatic nitrogens is 2. The first kappa shape index (κ1) is 16.6. The van der Waals surface area contributed by atoms with Crippen molar-refractivity contribution in [2.75, 3.05) is 4.90 Å². The predicted molar refractivity (Wildman–Crippen MR) is 106 cm³/mol. The monoisotopic (exact) mass is 364 g/mol. The molecule has 0 aliphatic carbocycles. The molecule has 4 rings (SSSR count). The van der Waals surface area contributed by atoms with Gasteiger partial charge in [0.15, 0.2) is 5.11 Å². The molecule has 1 aromatic carbocycles. The third-order valence-corrected chi connectivity index (χ3v) is 5.26. The lowest BCUT2D eigenvalue weighted by molar-refractivity contribution is 0.475. The van der Waals surface area contributed by atoms with Crippen LogP contribution >= 0.6 is 12.2 Å². The summed E-state index contributed by atoms with van der Waals surface area (Å²) in [5, 5.41) is 13.7. The fraction of sp³-hybridized carbons (Fsp3) is 0.200. The van der Waals surface area contributed by atoms with Crippen molar-refractivity contribution in [2.24, 2.45) is 7.05 Å². The van der Waals surface area contributed by atoms with Crippen molar-refractivity contribution in [1.29, 1.82) is 0 Å². The minimum atomic E-state index is -0.0643. The highest BCUT2D eigenvalue weighted by Crippen LogP contribution is 2.41. The summed E-state index contributed by atoms with van der Waals surface area (Å²) in [5.74, 6) is 0.236. The van der Waals surface area contributed by atoms with Gasteiger partial charge in [-0.3, -0.25) is 4.98 Å². The molecule has 1 aliphatic heterocycles. The van der Waals surface area contributed by atoms with Crippen LogP contribution in [0.4, 0.5) is 5.69 Å². The number of rotatable bonds is 3. The Labute approximate surface area is 157 Å². The fourth-order valence-corrected chi connectivity index (χ4v) is 3.82. The Balaban J connectivity index is 1.85. The summed E-state index contributed by atoms with van der Waals surface area (Å²) in [6.45, 7) is 2.09. The molecule has 0 bridgehead atoms. The molecule has 0 spiro atoms. The van der Waals surface area contributed by atoms with Crippen molar-refractivity contribution >= 4 is 23.0 Å². The number of phenols is 1. The second-order valence-corrected chi connectivity index (χ2v) is 6.86. The van der Waals surface area contributed by atoms with Gasteiger partial charge < -0.3 is 19.9 Å². The van der Waals surface area contributed by atoms with Crippen molar-refractivity contribution in [3.05, 3.63) is 77.9 Å². The van der Waals surface area contributed by atoms with E-state index >= 15 is 0 Å². The van der Waals surface area contributed by atoms with E-state index < -0.39 is 0 Å². The zero-order chi connectivity index (χ0) is 18.3. The third-order valence-electron chi connectivity index (χ3n) is 4.94. The Kier molecular flexibility index (Phi) is 4.12. The molecule has 3 heterocycles. The lowest BCUT2D eigenvalue weighted by Crippen LogP contribution is -2.30. The molecule has 26 heavy (non-hydrogen) atoms. The maximum absolute atomic E-state index is 9.64. The Morgan fingerprint density at radius 3 is 2.46 bits per heavy atom. The van der Waals surface area contributed by atoms with Crippen LogP contribution in [0.25, 0.3) is 0 Å². The van der Waals surface area contributed by atoms with E-state index in [0.29, 0.717) is 5.11 Å². The molecule has 1 saturated heterocycles. The van der Waals surface area contributed by atoms with Gasteiger partial charge in [-0.05, 0) is 67.7 Å². The van der Waals surface area contributed by atoms with E-state index in [4.69, 9.17) is 12.2 Å². The van der Waals surface area contributed by atoms with Gasteiger partial charge >= 0.3 is 0 Å². The molecule has 0 amide bonds. The van der Waals surface area contributed by atoms with E-state index in [1.54, 1.807) is 18.3 Å². The maximum Gasteiger partial charge on any atom is 0.174 e. The maximum atomic E-state index is 9.64. The number of anilines is 1. The van der Waals surface area contributed by atoms with Gasteiger partial charge in [0.05, 0.1) is 11.7 Å². The standard InChI is InChI=1S/C20H20N4OS/c1-13-6-11-17(23(13)2)19-18(16-5-3-4-12-21-16)22-20(26)24(19)14-7-9-15(25)10-8-14/h3-12,18-19,25H,1-2H3,(H,22,26)/t18-,19+/m0/s1. The quantitative estimate of drug-likeness (QED) is 0.696. The van der Waals surface area contributed by atoms with E-state index in [2.05, 4.69) is 45.9 Å². The van der Waals surface area contributed by atoms with Crippen molar-refractivity contribution in [2.45, 2.75) is 19.0 Å². The number of phenolic OH excluding ortho intramolecular Hbond substituents is 1. The minimum Gasteiger partial charge on any atom is -0.508 e. The normalized spacial score (nSPS) is 19.6. The molecule has 2 N–H and O–H groups in total. The molecule has 0 unspecified atom stereocenters. The summed E-state index contributed by atoms with van der Waals surface area (Å²) in [7, 11) is 2.07. The van der Waals surface area contributed by atoms with Crippen molar-refractivity contribution in [1.82, 2.24) is 14.9 Å². The number of aryl methyl sites for hydroxylation is 1. The van der Waals surface area contributed by atoms with Gasteiger partial charge in [0.2, 0.25) is 0 Å². The molecule has 2 aromatic heterocycles. The smallest absolute Gasteiger partial charge is 0.174 e. The van der Waals surface area contributed by atoms with Crippen molar-refractivity contribution in [3.63, 3.8) is 0 Å². The number of nitrogens with zero attached hydrogens (tertiary/aromatic N) is 3. The molecule has 0 radical (unpaired) electrons. The van der Waals surface area contributed by atoms with Gasteiger partial charge in [0.1, 0.15) is 11.8 Å². The molecule has 6 heteroatoms. The largest absolute Gasteiger partial charge is 0.508 e. The second-order valence-electron chi connectivity index (χ2n) is 6.47. The van der Waals surface area contributed by atoms with Crippen LogP contribution in [0.15, 0.2) is 60.8 Å². The minimum absolute atomic E-state index is 0.0411. The van der Waals surface area contributed by atoms with Gasteiger partial charge in [-0.15, -0.1) is 0 Å². The first-order valence-corrected chi connectivity index (χ1v) is 8.89. The molecule has 3 aromatic rings. The third kappa shape index (κ3) is 2.72. The van der Waals surface area contributed by atoms with Crippen LogP contribution in [-0.2, 0) is 7.05 Å². The fourth-order valence-electron chi connectivity index (χ4n) is 3.48. The molecule has 132 valence electrons. The van der Waals surface area contributed by atoms with E-state index in [1.165, 1.54) is 5.69 Å². The highest BCUT2D eigenvalue weighted by atomic mass is 32.1. The first-order valence-electron chi connectivity index (χ1n) is 8.48. The second kappa shape index (κ2) is 6.46. The number of nitrogens with one attached hydrogen (secondary N) is 1. The highest BCUT2D eigenvalue weighted by molar-refractivity contribution is 7.80. The molecule has 1 aliphatic rings. The summed E-state index contributed by atoms with van der Waals surface area (Å²) < 4.78 is 2.18. The Morgan fingerprint density at radius 2 is 1.85 bits per heavy atom. The van der Waals surface area contributed by atoms with Gasteiger partial charge in [-0.2, -0.15) is 0 Å². The number of aromatic hydroxyl groups is 1. The summed E-state index contributed by atoms with van der Waals surface area (Å²) in [4.78, 5) is 6.65. The summed E-state index contributed by atoms with van der Waals surface area (Å²) >= 11 is 5.67. The van der Waals surface area contributed by atoms with Gasteiger partial charge in [-0.25, -0.2) is 0 Å². The average Bonchev–Trinajstić information content (AvgIpc) is 3.16. The Bertz CT molecular complexity index is 936. The predicted octanol–water partition coefficient (Wildman–Crippen LogP) is 3.61. The van der Waals surface area contributed by atoms with Crippen LogP contribution in [0.1, 0.15) is 29.2 Å². The number of pyridine rings is 1. The molecule has 5 nitrogen and oxygen atoms in total. The molecule has 2 atom stereocenters. The van der Waals surface area contributed by atoms with E-state index in [0.717, 1.165) is 17.1 Å². The number of benzene rings is 1. The first-order chi connectivity index (χ1) is 12.6. The van der Waals surface area contributed by atoms with Gasteiger partial charge in [0.25, 0.3) is 0 Å². The van der Waals surface area contributed by atoms with Crippen LogP contribution in [-0.4, -0.2) is 19.8 Å². The van der Waals surface area contributed by atoms with Crippen LogP contribution in [0.3, 0.4) is 0 Å². The van der Waals surface area contributed by atoms with Crippen LogP contribution in [0.5, 0.6) is 5.75 Å². The SMILES string of the molecule is Cc1ccc([C@@H]2[C@H](c3ccccn3)NC(=S)N2c2ccc(O)cc2)n1C. The van der Waals surface area contributed by atoms with Crippen molar-refractivity contribution in [3.8, 4) is 5.75 Å². The van der Waals surface area contributed by atoms with E-state index in [9.17, 15) is 5.11 Å². The van der Waals surface area contributed by atoms with Crippen LogP contribution in [0, 0.1) is 6.92 Å². The van der Waals surface area contributed by atoms with Crippen LogP contribution < -0.4 is 10.2 Å².